The van der Waals surface area contributed by atoms with Gasteiger partial charge < -0.3 is 93.0 Å². The first-order valence-corrected chi connectivity index (χ1v) is 37.4. The molecule has 0 bridgehead atoms. The van der Waals surface area contributed by atoms with Crippen molar-refractivity contribution in [2.75, 3.05) is 44.8 Å². The summed E-state index contributed by atoms with van der Waals surface area (Å²) in [5.41, 5.74) is 8.43. The number of carbonyl (C=O) groups is 13. The molecule has 0 spiro atoms. The van der Waals surface area contributed by atoms with Crippen LogP contribution < -0.4 is 48.3 Å². The Hall–Kier alpha value is -9.77. The average Bonchev–Trinajstić information content (AvgIpc) is 1.68. The van der Waals surface area contributed by atoms with Gasteiger partial charge in [0.05, 0.1) is 31.6 Å². The fraction of sp³-hybridized carbons (Fsp3) is 0.600. The van der Waals surface area contributed by atoms with E-state index in [4.69, 9.17) is 5.73 Å². The molecular formula is C70H101N19O15S. The third kappa shape index (κ3) is 21.9. The number of amides is 12. The van der Waals surface area contributed by atoms with E-state index in [0.29, 0.717) is 79.8 Å². The van der Waals surface area contributed by atoms with Gasteiger partial charge in [-0.1, -0.05) is 64.4 Å². The first-order chi connectivity index (χ1) is 50.3. The number of aromatic amines is 3. The number of hydrogen-bond donors (Lipinski definition) is 14. The highest BCUT2D eigenvalue weighted by Crippen LogP contribution is 2.28. The Morgan fingerprint density at radius 3 is 1.51 bits per heavy atom. The quantitative estimate of drug-likeness (QED) is 0.0238. The minimum atomic E-state index is -1.73. The number of likely N-dealkylation sites (tertiary alicyclic amines) is 4. The van der Waals surface area contributed by atoms with Gasteiger partial charge >= 0.3 is 5.97 Å². The van der Waals surface area contributed by atoms with E-state index < -0.39 is 168 Å². The molecule has 12 amide bonds. The van der Waals surface area contributed by atoms with E-state index in [1.165, 1.54) is 69.7 Å². The van der Waals surface area contributed by atoms with Gasteiger partial charge in [0.25, 0.3) is 0 Å². The van der Waals surface area contributed by atoms with Crippen LogP contribution in [0.2, 0.25) is 0 Å². The molecule has 0 radical (unpaired) electrons. The molecule has 0 saturated carbocycles. The largest absolute Gasteiger partial charge is 0.480 e. The minimum absolute atomic E-state index is 0.0192. The molecule has 7 heterocycles. The Balaban J connectivity index is 0.918. The molecule has 4 saturated heterocycles. The number of benzene rings is 1. The smallest absolute Gasteiger partial charge is 0.326 e. The summed E-state index contributed by atoms with van der Waals surface area (Å²) < 4.78 is 0. The third-order valence-corrected chi connectivity index (χ3v) is 20.3. The zero-order valence-corrected chi connectivity index (χ0v) is 61.0. The predicted octanol–water partition coefficient (Wildman–Crippen LogP) is -1.76. The summed E-state index contributed by atoms with van der Waals surface area (Å²) in [5, 5.41) is 42.3. The summed E-state index contributed by atoms with van der Waals surface area (Å²) in [5.74, 6) is -10.00. The number of nitrogens with zero attached hydrogens (tertiary/aromatic N) is 7. The van der Waals surface area contributed by atoms with Gasteiger partial charge in [-0.25, -0.2) is 19.7 Å². The number of carboxylic acids is 1. The number of H-pyrrole nitrogens is 3. The Bertz CT molecular complexity index is 3630. The number of nitrogens with two attached hydrogens (primary N) is 1. The van der Waals surface area contributed by atoms with E-state index in [0.717, 1.165) is 0 Å². The van der Waals surface area contributed by atoms with Gasteiger partial charge in [-0.2, -0.15) is 11.8 Å². The summed E-state index contributed by atoms with van der Waals surface area (Å²) in [6.07, 6.45) is 13.7. The molecule has 3 aromatic heterocycles. The maximum Gasteiger partial charge on any atom is 0.326 e. The van der Waals surface area contributed by atoms with Crippen LogP contribution in [-0.2, 0) is 88.0 Å². The van der Waals surface area contributed by atoms with Crippen molar-refractivity contribution in [1.82, 2.24) is 92.0 Å². The number of aliphatic hydroxyl groups excluding tert-OH is 1. The standard InChI is InChI=1S/C70H101N19O15S/c1-7-40(4)57(69(102)88-24-13-19-55(88)68(101)89-25-14-20-56(89)70(103)104)85-58(91)41(5)78-59(92)47(21-26-105-6)79-61(94)49(28-42-15-9-8-10-16-42)81-63(96)52(35-90)84-60(93)48(27-39(2)3)80-62(95)50(30-44-33-73-37-76-44)82-64(97)54-18-12-23-87(54)67(100)51(31-45-34-74-38-77-45)83-65(98)53-17-11-22-86(53)66(99)46(71)29-43-32-72-36-75-43/h8-10,15-16,32-34,36-41,46-57,90H,7,11-14,17-31,35,71H2,1-6H3,(H,72,75)(H,73,76)(H,74,77)(H,78,92)(H,79,94)(H,80,95)(H,81,96)(H,82,97)(H,83,98)(H,84,93)(H,85,91)(H,103,104)/t40-,41-,46-,47-,48-,49-,50-,51-,52-,53-,54-,55-,56-,57-/m0/s1. The number of nitrogens with one attached hydrogen (secondary N) is 11. The molecule has 15 N–H and O–H groups in total. The van der Waals surface area contributed by atoms with Gasteiger partial charge in [-0.3, -0.25) is 57.5 Å². The fourth-order valence-corrected chi connectivity index (χ4v) is 14.2. The molecule has 4 fully saturated rings. The molecule has 8 rings (SSSR count). The maximum atomic E-state index is 14.8. The number of carboxylic acid groups (broad SMARTS) is 1. The van der Waals surface area contributed by atoms with Crippen LogP contribution in [-0.4, -0.2) is 260 Å². The molecule has 4 aliphatic rings. The predicted molar refractivity (Wildman–Crippen MR) is 382 cm³/mol. The number of hydrogen-bond acceptors (Lipinski definition) is 19. The van der Waals surface area contributed by atoms with Gasteiger partial charge in [-0.05, 0) is 101 Å². The molecule has 4 aromatic rings. The molecule has 105 heavy (non-hydrogen) atoms. The van der Waals surface area contributed by atoms with Gasteiger partial charge in [0, 0.05) is 87.5 Å². The molecule has 34 nitrogen and oxygen atoms in total. The molecule has 35 heteroatoms. The highest BCUT2D eigenvalue weighted by Gasteiger charge is 2.46. The zero-order chi connectivity index (χ0) is 76.0. The fourth-order valence-electron chi connectivity index (χ4n) is 13.8. The summed E-state index contributed by atoms with van der Waals surface area (Å²) in [6, 6.07) is -7.36. The number of aliphatic hydroxyl groups is 1. The monoisotopic (exact) mass is 1480 g/mol. The highest BCUT2D eigenvalue weighted by atomic mass is 32.2. The van der Waals surface area contributed by atoms with E-state index >= 15 is 0 Å². The van der Waals surface area contributed by atoms with Crippen molar-refractivity contribution in [3.63, 3.8) is 0 Å². The number of aliphatic carboxylic acids is 1. The second-order valence-electron chi connectivity index (χ2n) is 27.8. The Kier molecular flexibility index (Phi) is 29.9. The molecule has 0 unspecified atom stereocenters. The van der Waals surface area contributed by atoms with Crippen LogP contribution in [0.15, 0.2) is 67.9 Å². The van der Waals surface area contributed by atoms with Crippen molar-refractivity contribution in [2.45, 2.75) is 209 Å². The summed E-state index contributed by atoms with van der Waals surface area (Å²) in [4.78, 5) is 210. The van der Waals surface area contributed by atoms with E-state index in [-0.39, 0.29) is 77.0 Å². The molecule has 4 aliphatic heterocycles. The summed E-state index contributed by atoms with van der Waals surface area (Å²) >= 11 is 1.37. The Morgan fingerprint density at radius 1 is 0.524 bits per heavy atom. The van der Waals surface area contributed by atoms with Crippen LogP contribution in [0.5, 0.6) is 0 Å². The van der Waals surface area contributed by atoms with Crippen LogP contribution in [0.3, 0.4) is 0 Å². The second kappa shape index (κ2) is 38.8. The van der Waals surface area contributed by atoms with Crippen LogP contribution >= 0.6 is 11.8 Å². The van der Waals surface area contributed by atoms with Crippen LogP contribution in [0.1, 0.15) is 128 Å². The van der Waals surface area contributed by atoms with Crippen molar-refractivity contribution < 1.29 is 72.5 Å². The zero-order valence-electron chi connectivity index (χ0n) is 60.2. The normalized spacial score (nSPS) is 20.1. The first-order valence-electron chi connectivity index (χ1n) is 36.0. The lowest BCUT2D eigenvalue weighted by Crippen LogP contribution is -2.61. The van der Waals surface area contributed by atoms with E-state index in [2.05, 4.69) is 72.4 Å². The number of thioether (sulfide) groups is 1. The van der Waals surface area contributed by atoms with Gasteiger partial charge in [-0.15, -0.1) is 0 Å². The molecule has 1 aromatic carbocycles. The third-order valence-electron chi connectivity index (χ3n) is 19.7. The average molecular weight is 1480 g/mol. The lowest BCUT2D eigenvalue weighted by molar-refractivity contribution is -0.152. The lowest BCUT2D eigenvalue weighted by atomic mass is 9.97. The topological polar surface area (TPSA) is 484 Å². The minimum Gasteiger partial charge on any atom is -0.480 e. The number of aromatic nitrogens is 6. The Labute approximate surface area is 613 Å². The molecule has 14 atom stereocenters. The molecule has 0 aliphatic carbocycles. The maximum absolute atomic E-state index is 14.8. The highest BCUT2D eigenvalue weighted by molar-refractivity contribution is 7.98. The summed E-state index contributed by atoms with van der Waals surface area (Å²) in [7, 11) is 0. The second-order valence-corrected chi connectivity index (χ2v) is 28.8. The first kappa shape index (κ1) is 80.9. The SMILES string of the molecule is CC[C@H](C)[C@H](NC(=O)[C@H](C)NC(=O)[C@H](CCSC)NC(=O)[C@H](Cc1ccccc1)NC(=O)[C@H](CO)NC(=O)[C@H](CC(C)C)NC(=O)[C@H](Cc1cnc[nH]1)NC(=O)[C@@H]1CCCN1C(=O)[C@H](Cc1cnc[nH]1)NC(=O)[C@@H]1CCCN1C(=O)[C@@H](N)Cc1cnc[nH]1)C(=O)N1CCC[C@H]1C(=O)N1CCC[C@H]1C(=O)O. The lowest BCUT2D eigenvalue weighted by Gasteiger charge is -2.34. The molecular weight excluding hydrogens is 1380 g/mol. The van der Waals surface area contributed by atoms with Crippen molar-refractivity contribution in [1.29, 1.82) is 0 Å². The van der Waals surface area contributed by atoms with Gasteiger partial charge in [0.1, 0.15) is 72.5 Å². The van der Waals surface area contributed by atoms with Crippen molar-refractivity contribution in [3.8, 4) is 0 Å². The number of rotatable bonds is 37. The van der Waals surface area contributed by atoms with Crippen LogP contribution in [0.4, 0.5) is 0 Å². The summed E-state index contributed by atoms with van der Waals surface area (Å²) in [6.45, 7) is 8.37. The van der Waals surface area contributed by atoms with Gasteiger partial charge in [0.15, 0.2) is 0 Å². The van der Waals surface area contributed by atoms with Crippen LogP contribution in [0.25, 0.3) is 0 Å². The number of imidazole rings is 3. The van der Waals surface area contributed by atoms with Crippen LogP contribution in [0, 0.1) is 11.8 Å². The van der Waals surface area contributed by atoms with E-state index in [1.807, 2.05) is 6.92 Å². The van der Waals surface area contributed by atoms with Crippen molar-refractivity contribution >= 4 is 88.6 Å². The van der Waals surface area contributed by atoms with Gasteiger partial charge in [0.2, 0.25) is 70.9 Å². The Morgan fingerprint density at radius 2 is 0.981 bits per heavy atom. The number of carbonyl (C=O) groups excluding carboxylic acids is 12. The van der Waals surface area contributed by atoms with E-state index in [9.17, 15) is 72.5 Å². The molecule has 572 valence electrons. The van der Waals surface area contributed by atoms with Crippen molar-refractivity contribution in [2.24, 2.45) is 17.6 Å². The van der Waals surface area contributed by atoms with Crippen molar-refractivity contribution in [3.05, 3.63) is 90.5 Å². The van der Waals surface area contributed by atoms with E-state index in [1.54, 1.807) is 63.6 Å².